The van der Waals surface area contributed by atoms with Crippen LogP contribution in [0.5, 0.6) is 5.75 Å². The van der Waals surface area contributed by atoms with E-state index in [0.29, 0.717) is 6.54 Å². The van der Waals surface area contributed by atoms with Crippen molar-refractivity contribution >= 4 is 17.3 Å². The van der Waals surface area contributed by atoms with Gasteiger partial charge in [-0.05, 0) is 60.9 Å². The van der Waals surface area contributed by atoms with Gasteiger partial charge in [0.15, 0.2) is 0 Å². The first-order chi connectivity index (χ1) is 17.0. The number of unbranched alkanes of at least 4 members (excludes halogenated alkanes) is 1. The molecule has 0 fully saturated rings. The van der Waals surface area contributed by atoms with Crippen LogP contribution in [0.3, 0.4) is 0 Å². The molecule has 0 aromatic heterocycles. The fraction of sp³-hybridized carbons (Fsp3) is 0.310. The zero-order valence-corrected chi connectivity index (χ0v) is 20.5. The van der Waals surface area contributed by atoms with E-state index in [4.69, 9.17) is 9.84 Å². The Morgan fingerprint density at radius 3 is 2.51 bits per heavy atom. The number of methoxy groups -OCH3 is 1. The van der Waals surface area contributed by atoms with Crippen LogP contribution in [-0.2, 0) is 11.3 Å². The third kappa shape index (κ3) is 5.06. The molecule has 1 N–H and O–H groups in total. The summed E-state index contributed by atoms with van der Waals surface area (Å²) in [5, 5.41) is 9.99. The second kappa shape index (κ2) is 10.7. The van der Waals surface area contributed by atoms with Crippen molar-refractivity contribution in [1.82, 2.24) is 5.32 Å². The number of hydrazone groups is 1. The summed E-state index contributed by atoms with van der Waals surface area (Å²) in [5.74, 6) is 0.179. The molecule has 1 heterocycles. The lowest BCUT2D eigenvalue weighted by Gasteiger charge is -2.37. The highest BCUT2D eigenvalue weighted by Crippen LogP contribution is 2.41. The smallest absolute Gasteiger partial charge is 0.248 e. The quantitative estimate of drug-likeness (QED) is 0.418. The normalized spacial score (nSPS) is 19.4. The van der Waals surface area contributed by atoms with Gasteiger partial charge in [0.05, 0.1) is 18.5 Å². The molecule has 182 valence electrons. The van der Waals surface area contributed by atoms with Gasteiger partial charge >= 0.3 is 0 Å². The van der Waals surface area contributed by atoms with E-state index in [9.17, 15) is 9.18 Å². The number of carbonyl (C=O) groups is 1. The van der Waals surface area contributed by atoms with Crippen molar-refractivity contribution in [2.24, 2.45) is 11.0 Å². The molecule has 3 aromatic carbocycles. The van der Waals surface area contributed by atoms with Gasteiger partial charge in [0, 0.05) is 12.5 Å². The first-order valence-corrected chi connectivity index (χ1v) is 12.1. The van der Waals surface area contributed by atoms with Gasteiger partial charge in [-0.25, -0.2) is 9.40 Å². The summed E-state index contributed by atoms with van der Waals surface area (Å²) < 4.78 is 19.0. The summed E-state index contributed by atoms with van der Waals surface area (Å²) in [6, 6.07) is 23.8. The number of para-hydroxylation sites is 1. The third-order valence-electron chi connectivity index (χ3n) is 6.69. The fourth-order valence-corrected chi connectivity index (χ4v) is 4.69. The molecular weight excluding hydrogens is 441 g/mol. The first-order valence-electron chi connectivity index (χ1n) is 12.1. The lowest BCUT2D eigenvalue weighted by atomic mass is 9.77. The van der Waals surface area contributed by atoms with Crippen LogP contribution in [-0.4, -0.2) is 24.3 Å². The predicted molar refractivity (Wildman–Crippen MR) is 138 cm³/mol. The number of amides is 1. The molecule has 2 unspecified atom stereocenters. The van der Waals surface area contributed by atoms with Crippen LogP contribution in [0, 0.1) is 11.7 Å². The van der Waals surface area contributed by atoms with Gasteiger partial charge in [0.1, 0.15) is 17.1 Å². The zero-order chi connectivity index (χ0) is 24.8. The van der Waals surface area contributed by atoms with Crippen molar-refractivity contribution in [3.63, 3.8) is 0 Å². The van der Waals surface area contributed by atoms with Crippen molar-refractivity contribution in [3.05, 3.63) is 95.8 Å². The van der Waals surface area contributed by atoms with Crippen molar-refractivity contribution in [2.75, 3.05) is 12.1 Å². The number of rotatable bonds is 9. The Morgan fingerprint density at radius 2 is 1.83 bits per heavy atom. The summed E-state index contributed by atoms with van der Waals surface area (Å²) in [6.45, 7) is 4.47. The van der Waals surface area contributed by atoms with Crippen LogP contribution < -0.4 is 15.1 Å². The molecule has 0 saturated carbocycles. The minimum Gasteiger partial charge on any atom is -0.497 e. The highest BCUT2D eigenvalue weighted by atomic mass is 19.1. The lowest BCUT2D eigenvalue weighted by Crippen LogP contribution is -2.57. The maximum absolute atomic E-state index is 14.0. The van der Waals surface area contributed by atoms with E-state index in [1.807, 2.05) is 66.5 Å². The van der Waals surface area contributed by atoms with Crippen molar-refractivity contribution in [1.29, 1.82) is 0 Å². The molecule has 1 aliphatic rings. The maximum atomic E-state index is 14.0. The van der Waals surface area contributed by atoms with Gasteiger partial charge in [-0.2, -0.15) is 5.10 Å². The molecule has 35 heavy (non-hydrogen) atoms. The van der Waals surface area contributed by atoms with Crippen molar-refractivity contribution < 1.29 is 13.9 Å². The minimum absolute atomic E-state index is 0.105. The maximum Gasteiger partial charge on any atom is 0.248 e. The van der Waals surface area contributed by atoms with E-state index >= 15 is 0 Å². The highest BCUT2D eigenvalue weighted by molar-refractivity contribution is 6.10. The van der Waals surface area contributed by atoms with Crippen molar-refractivity contribution in [3.8, 4) is 5.75 Å². The van der Waals surface area contributed by atoms with E-state index < -0.39 is 5.54 Å². The molecule has 0 saturated heterocycles. The Kier molecular flexibility index (Phi) is 7.49. The predicted octanol–water partition coefficient (Wildman–Crippen LogP) is 5.94. The molecule has 0 aliphatic carbocycles. The second-order valence-electron chi connectivity index (χ2n) is 9.02. The molecule has 5 nitrogen and oxygen atoms in total. The number of nitrogens with one attached hydrogen (secondary N) is 1. The van der Waals surface area contributed by atoms with Crippen LogP contribution in [0.2, 0.25) is 0 Å². The second-order valence-corrected chi connectivity index (χ2v) is 9.02. The SMILES string of the molecule is CCCCC1C(c2ccc(F)cc2)=NN(c2ccccc2)C1(C)C(=O)NCc1cccc(OC)c1. The molecule has 0 radical (unpaired) electrons. The average molecular weight is 474 g/mol. The zero-order valence-electron chi connectivity index (χ0n) is 20.5. The van der Waals surface area contributed by atoms with Gasteiger partial charge in [-0.1, -0.05) is 62.2 Å². The average Bonchev–Trinajstić information content (AvgIpc) is 3.20. The minimum atomic E-state index is -0.959. The van der Waals surface area contributed by atoms with E-state index in [-0.39, 0.29) is 17.6 Å². The number of nitrogens with zero attached hydrogens (tertiary/aromatic N) is 2. The standard InChI is InChI=1S/C29H32FN3O2/c1-4-5-14-26-27(22-15-17-23(30)18-16-22)32-33(24-11-7-6-8-12-24)29(26,2)28(34)31-20-21-10-9-13-25(19-21)35-3/h6-13,15-19,26H,4-5,14,20H2,1-3H3,(H,31,34). The van der Waals surface area contributed by atoms with Crippen LogP contribution in [0.15, 0.2) is 84.0 Å². The van der Waals surface area contributed by atoms with E-state index in [2.05, 4.69) is 12.2 Å². The molecule has 6 heteroatoms. The Labute approximate surface area is 206 Å². The number of halogens is 1. The molecular formula is C29H32FN3O2. The van der Waals surface area contributed by atoms with Gasteiger partial charge in [-0.15, -0.1) is 0 Å². The van der Waals surface area contributed by atoms with E-state index in [1.165, 1.54) is 12.1 Å². The Hall–Kier alpha value is -3.67. The molecule has 4 rings (SSSR count). The number of anilines is 1. The number of benzene rings is 3. The summed E-state index contributed by atoms with van der Waals surface area (Å²) in [5.41, 5.74) is 2.47. The molecule has 1 amide bonds. The van der Waals surface area contributed by atoms with Gasteiger partial charge in [0.25, 0.3) is 0 Å². The van der Waals surface area contributed by atoms with Crippen molar-refractivity contribution in [2.45, 2.75) is 45.2 Å². The lowest BCUT2D eigenvalue weighted by molar-refractivity contribution is -0.127. The Morgan fingerprint density at radius 1 is 1.09 bits per heavy atom. The Balaban J connectivity index is 1.72. The highest BCUT2D eigenvalue weighted by Gasteiger charge is 2.53. The topological polar surface area (TPSA) is 53.9 Å². The molecule has 3 aromatic rings. The fourth-order valence-electron chi connectivity index (χ4n) is 4.69. The van der Waals surface area contributed by atoms with Crippen LogP contribution in [0.25, 0.3) is 0 Å². The summed E-state index contributed by atoms with van der Waals surface area (Å²) in [4.78, 5) is 14.0. The first kappa shape index (κ1) is 24.5. The third-order valence-corrected chi connectivity index (χ3v) is 6.69. The van der Waals surface area contributed by atoms with Crippen LogP contribution >= 0.6 is 0 Å². The number of ether oxygens (including phenoxy) is 1. The van der Waals surface area contributed by atoms with Crippen LogP contribution in [0.1, 0.15) is 44.2 Å². The van der Waals surface area contributed by atoms with Gasteiger partial charge < -0.3 is 10.1 Å². The van der Waals surface area contributed by atoms with Gasteiger partial charge in [-0.3, -0.25) is 4.79 Å². The molecule has 2 atom stereocenters. The molecule has 0 bridgehead atoms. The Bertz CT molecular complexity index is 1180. The van der Waals surface area contributed by atoms with E-state index in [1.54, 1.807) is 19.2 Å². The van der Waals surface area contributed by atoms with Crippen LogP contribution in [0.4, 0.5) is 10.1 Å². The van der Waals surface area contributed by atoms with E-state index in [0.717, 1.165) is 47.5 Å². The number of hydrogen-bond acceptors (Lipinski definition) is 4. The molecule has 1 aliphatic heterocycles. The monoisotopic (exact) mass is 473 g/mol. The molecule has 0 spiro atoms. The number of carbonyl (C=O) groups excluding carboxylic acids is 1. The summed E-state index contributed by atoms with van der Waals surface area (Å²) in [7, 11) is 1.63. The summed E-state index contributed by atoms with van der Waals surface area (Å²) >= 11 is 0. The largest absolute Gasteiger partial charge is 0.497 e. The van der Waals surface area contributed by atoms with Gasteiger partial charge in [0.2, 0.25) is 5.91 Å². The number of hydrogen-bond donors (Lipinski definition) is 1. The summed E-state index contributed by atoms with van der Waals surface area (Å²) in [6.07, 6.45) is 2.74.